The zero-order chi connectivity index (χ0) is 14.4. The Kier molecular flexibility index (Phi) is 5.85. The summed E-state index contributed by atoms with van der Waals surface area (Å²) in [5, 5.41) is 15.1. The minimum absolute atomic E-state index is 0.00613. The Bertz CT molecular complexity index is 439. The minimum atomic E-state index is -1.21. The quantitative estimate of drug-likeness (QED) is 0.727. The van der Waals surface area contributed by atoms with Crippen molar-refractivity contribution in [3.05, 3.63) is 35.4 Å². The summed E-state index contributed by atoms with van der Waals surface area (Å²) in [5.41, 5.74) is -0.128. The van der Waals surface area contributed by atoms with E-state index in [-0.39, 0.29) is 30.6 Å². The van der Waals surface area contributed by atoms with Gasteiger partial charge in [-0.25, -0.2) is 8.78 Å². The highest BCUT2D eigenvalue weighted by molar-refractivity contribution is 5.78. The van der Waals surface area contributed by atoms with Crippen molar-refractivity contribution in [2.75, 3.05) is 13.1 Å². The molecule has 1 aromatic rings. The second-order valence-corrected chi connectivity index (χ2v) is 4.53. The van der Waals surface area contributed by atoms with E-state index in [1.807, 2.05) is 13.8 Å². The highest BCUT2D eigenvalue weighted by Crippen LogP contribution is 2.17. The Morgan fingerprint density at radius 3 is 2.68 bits per heavy atom. The molecule has 0 radical (unpaired) electrons. The smallest absolute Gasteiger partial charge is 0.234 e. The van der Waals surface area contributed by atoms with Gasteiger partial charge in [0.1, 0.15) is 11.6 Å². The summed E-state index contributed by atoms with van der Waals surface area (Å²) in [5.74, 6) is -1.52. The number of aliphatic hydroxyl groups is 1. The minimum Gasteiger partial charge on any atom is -0.387 e. The van der Waals surface area contributed by atoms with Crippen molar-refractivity contribution in [3.63, 3.8) is 0 Å². The molecule has 6 heteroatoms. The molecular weight excluding hydrogens is 254 g/mol. The maximum Gasteiger partial charge on any atom is 0.234 e. The molecule has 1 unspecified atom stereocenters. The van der Waals surface area contributed by atoms with Crippen molar-refractivity contribution in [2.24, 2.45) is 0 Å². The van der Waals surface area contributed by atoms with E-state index in [1.165, 1.54) is 0 Å². The van der Waals surface area contributed by atoms with Gasteiger partial charge in [-0.2, -0.15) is 0 Å². The van der Waals surface area contributed by atoms with Crippen molar-refractivity contribution >= 4 is 5.91 Å². The first-order chi connectivity index (χ1) is 8.90. The fourth-order valence-electron chi connectivity index (χ4n) is 1.58. The second kappa shape index (κ2) is 7.16. The van der Waals surface area contributed by atoms with Crippen LogP contribution in [0.1, 0.15) is 25.5 Å². The fourth-order valence-corrected chi connectivity index (χ4v) is 1.58. The Balaban J connectivity index is 2.45. The lowest BCUT2D eigenvalue weighted by atomic mass is 10.1. The summed E-state index contributed by atoms with van der Waals surface area (Å²) in [6.45, 7) is 3.63. The summed E-state index contributed by atoms with van der Waals surface area (Å²) >= 11 is 0. The molecule has 4 nitrogen and oxygen atoms in total. The van der Waals surface area contributed by atoms with Gasteiger partial charge in [0.05, 0.1) is 12.6 Å². The largest absolute Gasteiger partial charge is 0.387 e. The van der Waals surface area contributed by atoms with E-state index in [1.54, 1.807) is 0 Å². The van der Waals surface area contributed by atoms with E-state index in [2.05, 4.69) is 10.6 Å². The summed E-state index contributed by atoms with van der Waals surface area (Å²) in [6.07, 6.45) is -1.21. The molecule has 19 heavy (non-hydrogen) atoms. The molecule has 0 bridgehead atoms. The van der Waals surface area contributed by atoms with Gasteiger partial charge in [0.15, 0.2) is 0 Å². The van der Waals surface area contributed by atoms with E-state index in [4.69, 9.17) is 0 Å². The Labute approximate surface area is 110 Å². The predicted molar refractivity (Wildman–Crippen MR) is 67.5 cm³/mol. The molecule has 1 amide bonds. The van der Waals surface area contributed by atoms with E-state index < -0.39 is 17.7 Å². The molecule has 0 saturated heterocycles. The van der Waals surface area contributed by atoms with Crippen LogP contribution >= 0.6 is 0 Å². The van der Waals surface area contributed by atoms with Crippen LogP contribution in [0.5, 0.6) is 0 Å². The lowest BCUT2D eigenvalue weighted by molar-refractivity contribution is -0.120. The molecule has 0 aliphatic rings. The molecule has 0 aliphatic carbocycles. The van der Waals surface area contributed by atoms with Gasteiger partial charge < -0.3 is 15.7 Å². The summed E-state index contributed by atoms with van der Waals surface area (Å²) in [4.78, 5) is 11.3. The normalized spacial score (nSPS) is 12.5. The topological polar surface area (TPSA) is 61.4 Å². The van der Waals surface area contributed by atoms with Crippen LogP contribution in [0.4, 0.5) is 8.78 Å². The van der Waals surface area contributed by atoms with E-state index in [0.717, 1.165) is 18.2 Å². The Morgan fingerprint density at radius 2 is 2.05 bits per heavy atom. The van der Waals surface area contributed by atoms with Crippen LogP contribution in [0.15, 0.2) is 18.2 Å². The van der Waals surface area contributed by atoms with Crippen molar-refractivity contribution < 1.29 is 18.7 Å². The predicted octanol–water partition coefficient (Wildman–Crippen LogP) is 1.11. The molecular formula is C13H18F2N2O2. The van der Waals surface area contributed by atoms with Crippen LogP contribution in [0.25, 0.3) is 0 Å². The standard InChI is InChI=1S/C13H18F2N2O2/c1-8(2)17-13(19)7-16-6-12(18)10-5-9(14)3-4-11(10)15/h3-5,8,12,16,18H,6-7H2,1-2H3,(H,17,19). The summed E-state index contributed by atoms with van der Waals surface area (Å²) in [7, 11) is 0. The summed E-state index contributed by atoms with van der Waals surface area (Å²) in [6, 6.07) is 2.91. The van der Waals surface area contributed by atoms with E-state index in [9.17, 15) is 18.7 Å². The number of hydrogen-bond acceptors (Lipinski definition) is 3. The van der Waals surface area contributed by atoms with Crippen molar-refractivity contribution in [2.45, 2.75) is 26.0 Å². The second-order valence-electron chi connectivity index (χ2n) is 4.53. The maximum atomic E-state index is 13.3. The lowest BCUT2D eigenvalue weighted by Gasteiger charge is -2.14. The molecule has 0 aromatic heterocycles. The van der Waals surface area contributed by atoms with E-state index in [0.29, 0.717) is 0 Å². The number of carbonyl (C=O) groups is 1. The Hall–Kier alpha value is -1.53. The number of nitrogens with one attached hydrogen (secondary N) is 2. The number of halogens is 2. The number of benzene rings is 1. The fraction of sp³-hybridized carbons (Fsp3) is 0.462. The average Bonchev–Trinajstić information content (AvgIpc) is 2.31. The monoisotopic (exact) mass is 272 g/mol. The van der Waals surface area contributed by atoms with Gasteiger partial charge in [0.25, 0.3) is 0 Å². The zero-order valence-electron chi connectivity index (χ0n) is 10.9. The van der Waals surface area contributed by atoms with Crippen molar-refractivity contribution in [1.82, 2.24) is 10.6 Å². The first-order valence-electron chi connectivity index (χ1n) is 6.03. The number of aliphatic hydroxyl groups excluding tert-OH is 1. The molecule has 106 valence electrons. The van der Waals surface area contributed by atoms with Crippen molar-refractivity contribution in [1.29, 1.82) is 0 Å². The number of amides is 1. The van der Waals surface area contributed by atoms with Gasteiger partial charge in [-0.05, 0) is 32.0 Å². The van der Waals surface area contributed by atoms with Crippen LogP contribution in [0.3, 0.4) is 0 Å². The molecule has 0 aliphatic heterocycles. The number of hydrogen-bond donors (Lipinski definition) is 3. The maximum absolute atomic E-state index is 13.3. The van der Waals surface area contributed by atoms with Gasteiger partial charge in [0, 0.05) is 18.2 Å². The van der Waals surface area contributed by atoms with Crippen LogP contribution in [-0.2, 0) is 4.79 Å². The summed E-state index contributed by atoms with van der Waals surface area (Å²) < 4.78 is 26.3. The van der Waals surface area contributed by atoms with Gasteiger partial charge >= 0.3 is 0 Å². The van der Waals surface area contributed by atoms with E-state index >= 15 is 0 Å². The zero-order valence-corrected chi connectivity index (χ0v) is 10.9. The molecule has 1 rings (SSSR count). The highest BCUT2D eigenvalue weighted by atomic mass is 19.1. The third-order valence-corrected chi connectivity index (χ3v) is 2.39. The number of rotatable bonds is 6. The van der Waals surface area contributed by atoms with Gasteiger partial charge in [-0.15, -0.1) is 0 Å². The van der Waals surface area contributed by atoms with Crippen LogP contribution in [-0.4, -0.2) is 30.1 Å². The first-order valence-corrected chi connectivity index (χ1v) is 6.03. The molecule has 0 heterocycles. The molecule has 1 atom stereocenters. The SMILES string of the molecule is CC(C)NC(=O)CNCC(O)c1cc(F)ccc1F. The van der Waals surface area contributed by atoms with Gasteiger partial charge in [0.2, 0.25) is 5.91 Å². The lowest BCUT2D eigenvalue weighted by Crippen LogP contribution is -2.38. The molecule has 0 fully saturated rings. The molecule has 0 spiro atoms. The van der Waals surface area contributed by atoms with Gasteiger partial charge in [-0.3, -0.25) is 4.79 Å². The van der Waals surface area contributed by atoms with Crippen LogP contribution < -0.4 is 10.6 Å². The number of carbonyl (C=O) groups excluding carboxylic acids is 1. The van der Waals surface area contributed by atoms with Gasteiger partial charge in [-0.1, -0.05) is 0 Å². The van der Waals surface area contributed by atoms with Crippen LogP contribution in [0, 0.1) is 11.6 Å². The molecule has 1 aromatic carbocycles. The molecule has 3 N–H and O–H groups in total. The Morgan fingerprint density at radius 1 is 1.37 bits per heavy atom. The molecule has 0 saturated carbocycles. The van der Waals surface area contributed by atoms with Crippen molar-refractivity contribution in [3.8, 4) is 0 Å². The highest BCUT2D eigenvalue weighted by Gasteiger charge is 2.14. The third kappa shape index (κ3) is 5.32. The third-order valence-electron chi connectivity index (χ3n) is 2.39. The first kappa shape index (κ1) is 15.5. The average molecular weight is 272 g/mol. The van der Waals surface area contributed by atoms with Crippen LogP contribution in [0.2, 0.25) is 0 Å².